The molecule has 144 valence electrons. The molecule has 2 rings (SSSR count). The molecule has 0 bridgehead atoms. The lowest BCUT2D eigenvalue weighted by Gasteiger charge is -2.11. The minimum Gasteiger partial charge on any atom is -0.382 e. The van der Waals surface area contributed by atoms with Crippen molar-refractivity contribution in [3.63, 3.8) is 0 Å². The predicted octanol–water partition coefficient (Wildman–Crippen LogP) is 1.27. The van der Waals surface area contributed by atoms with Crippen molar-refractivity contribution in [2.24, 2.45) is 4.99 Å². The Labute approximate surface area is 155 Å². The highest BCUT2D eigenvalue weighted by Gasteiger charge is 2.04. The molecule has 0 saturated heterocycles. The van der Waals surface area contributed by atoms with Crippen molar-refractivity contribution in [3.8, 4) is 0 Å². The Balaban J connectivity index is 1.67. The van der Waals surface area contributed by atoms with E-state index in [1.54, 1.807) is 7.11 Å². The SMILES string of the molecule is CCNC(=NCCCc1nnc2ccccn12)NCCCOCCOC. The molecule has 0 atom stereocenters. The molecule has 2 heterocycles. The van der Waals surface area contributed by atoms with E-state index in [0.717, 1.165) is 62.9 Å². The molecule has 0 fully saturated rings. The van der Waals surface area contributed by atoms with Gasteiger partial charge in [-0.2, -0.15) is 0 Å². The van der Waals surface area contributed by atoms with E-state index >= 15 is 0 Å². The van der Waals surface area contributed by atoms with Gasteiger partial charge in [-0.1, -0.05) is 6.07 Å². The van der Waals surface area contributed by atoms with E-state index in [1.807, 2.05) is 28.8 Å². The Hall–Kier alpha value is -2.19. The maximum atomic E-state index is 5.45. The van der Waals surface area contributed by atoms with Gasteiger partial charge >= 0.3 is 0 Å². The second-order valence-corrected chi connectivity index (χ2v) is 5.79. The number of aliphatic imine (C=N–C) groups is 1. The molecule has 0 aliphatic heterocycles. The maximum absolute atomic E-state index is 5.45. The van der Waals surface area contributed by atoms with E-state index in [2.05, 4.69) is 32.7 Å². The van der Waals surface area contributed by atoms with Crippen molar-refractivity contribution >= 4 is 11.6 Å². The lowest BCUT2D eigenvalue weighted by Crippen LogP contribution is -2.38. The summed E-state index contributed by atoms with van der Waals surface area (Å²) in [6.45, 7) is 6.46. The summed E-state index contributed by atoms with van der Waals surface area (Å²) in [7, 11) is 1.68. The summed E-state index contributed by atoms with van der Waals surface area (Å²) < 4.78 is 12.4. The van der Waals surface area contributed by atoms with Crippen molar-refractivity contribution in [2.75, 3.05) is 46.6 Å². The molecule has 0 aromatic carbocycles. The maximum Gasteiger partial charge on any atom is 0.191 e. The molecule has 26 heavy (non-hydrogen) atoms. The van der Waals surface area contributed by atoms with E-state index in [9.17, 15) is 0 Å². The Morgan fingerprint density at radius 3 is 2.92 bits per heavy atom. The third-order valence-electron chi connectivity index (χ3n) is 3.75. The van der Waals surface area contributed by atoms with Gasteiger partial charge in [0.25, 0.3) is 0 Å². The van der Waals surface area contributed by atoms with Gasteiger partial charge in [0.1, 0.15) is 5.82 Å². The van der Waals surface area contributed by atoms with Crippen LogP contribution in [0.3, 0.4) is 0 Å². The summed E-state index contributed by atoms with van der Waals surface area (Å²) in [5.74, 6) is 1.82. The average Bonchev–Trinajstić information content (AvgIpc) is 3.07. The summed E-state index contributed by atoms with van der Waals surface area (Å²) in [6, 6.07) is 5.92. The summed E-state index contributed by atoms with van der Waals surface area (Å²) in [5.41, 5.74) is 0.883. The second kappa shape index (κ2) is 12.2. The lowest BCUT2D eigenvalue weighted by atomic mass is 10.3. The van der Waals surface area contributed by atoms with Crippen LogP contribution in [0.25, 0.3) is 5.65 Å². The van der Waals surface area contributed by atoms with Crippen molar-refractivity contribution in [2.45, 2.75) is 26.2 Å². The zero-order valence-electron chi connectivity index (χ0n) is 15.8. The van der Waals surface area contributed by atoms with Gasteiger partial charge in [-0.25, -0.2) is 0 Å². The summed E-state index contributed by atoms with van der Waals surface area (Å²) >= 11 is 0. The number of nitrogens with one attached hydrogen (secondary N) is 2. The van der Waals surface area contributed by atoms with Crippen molar-refractivity contribution in [3.05, 3.63) is 30.2 Å². The zero-order valence-corrected chi connectivity index (χ0v) is 15.8. The third-order valence-corrected chi connectivity index (χ3v) is 3.75. The number of ether oxygens (including phenoxy) is 2. The standard InChI is InChI=1S/C18H30N6O2/c1-3-19-18(21-11-7-13-26-15-14-25-2)20-10-6-9-17-23-22-16-8-4-5-12-24(16)17/h4-5,8,12H,3,6-7,9-11,13-15H2,1-2H3,(H2,19,20,21). The van der Waals surface area contributed by atoms with Crippen molar-refractivity contribution in [1.82, 2.24) is 25.2 Å². The topological polar surface area (TPSA) is 85.1 Å². The largest absolute Gasteiger partial charge is 0.382 e. The molecule has 0 unspecified atom stereocenters. The first kappa shape index (κ1) is 20.1. The highest BCUT2D eigenvalue weighted by atomic mass is 16.5. The van der Waals surface area contributed by atoms with Crippen LogP contribution >= 0.6 is 0 Å². The van der Waals surface area contributed by atoms with E-state index in [1.165, 1.54) is 0 Å². The van der Waals surface area contributed by atoms with Gasteiger partial charge in [0.15, 0.2) is 11.6 Å². The smallest absolute Gasteiger partial charge is 0.191 e. The average molecular weight is 362 g/mol. The van der Waals surface area contributed by atoms with Gasteiger partial charge < -0.3 is 20.1 Å². The Morgan fingerprint density at radius 1 is 1.15 bits per heavy atom. The molecule has 2 aromatic heterocycles. The van der Waals surface area contributed by atoms with E-state index < -0.39 is 0 Å². The normalized spacial score (nSPS) is 11.8. The van der Waals surface area contributed by atoms with Crippen LogP contribution in [0.4, 0.5) is 0 Å². The first-order valence-electron chi connectivity index (χ1n) is 9.22. The number of hydrogen-bond acceptors (Lipinski definition) is 5. The van der Waals surface area contributed by atoms with Gasteiger partial charge in [0, 0.05) is 46.0 Å². The van der Waals surface area contributed by atoms with Gasteiger partial charge in [-0.3, -0.25) is 9.39 Å². The summed E-state index contributed by atoms with van der Waals surface area (Å²) in [5, 5.41) is 15.0. The number of fused-ring (bicyclic) bond motifs is 1. The predicted molar refractivity (Wildman–Crippen MR) is 103 cm³/mol. The quantitative estimate of drug-likeness (QED) is 0.336. The number of methoxy groups -OCH3 is 1. The van der Waals surface area contributed by atoms with Gasteiger partial charge in [0.05, 0.1) is 13.2 Å². The third kappa shape index (κ3) is 6.97. The van der Waals surface area contributed by atoms with Gasteiger partial charge in [0.2, 0.25) is 0 Å². The first-order chi connectivity index (χ1) is 12.8. The molecule has 8 heteroatoms. The molecule has 2 N–H and O–H groups in total. The zero-order chi connectivity index (χ0) is 18.5. The lowest BCUT2D eigenvalue weighted by molar-refractivity contribution is 0.0698. The van der Waals surface area contributed by atoms with Crippen LogP contribution in [-0.4, -0.2) is 67.1 Å². The second-order valence-electron chi connectivity index (χ2n) is 5.79. The van der Waals surface area contributed by atoms with Gasteiger partial charge in [-0.15, -0.1) is 10.2 Å². The number of aryl methyl sites for hydroxylation is 1. The number of rotatable bonds is 12. The minimum absolute atomic E-state index is 0.638. The van der Waals surface area contributed by atoms with Crippen molar-refractivity contribution < 1.29 is 9.47 Å². The molecular weight excluding hydrogens is 332 g/mol. The molecule has 8 nitrogen and oxygen atoms in total. The van der Waals surface area contributed by atoms with Crippen LogP contribution in [0.1, 0.15) is 25.6 Å². The highest BCUT2D eigenvalue weighted by molar-refractivity contribution is 5.79. The number of guanidine groups is 1. The van der Waals surface area contributed by atoms with E-state index in [-0.39, 0.29) is 0 Å². The first-order valence-corrected chi connectivity index (χ1v) is 9.22. The van der Waals surface area contributed by atoms with Crippen LogP contribution in [0.15, 0.2) is 29.4 Å². The minimum atomic E-state index is 0.638. The fourth-order valence-corrected chi connectivity index (χ4v) is 2.46. The van der Waals surface area contributed by atoms with Crippen LogP contribution in [0, 0.1) is 0 Å². The molecular formula is C18H30N6O2. The summed E-state index contributed by atoms with van der Waals surface area (Å²) in [4.78, 5) is 4.62. The van der Waals surface area contributed by atoms with Crippen LogP contribution in [-0.2, 0) is 15.9 Å². The van der Waals surface area contributed by atoms with Crippen LogP contribution in [0.2, 0.25) is 0 Å². The Morgan fingerprint density at radius 2 is 2.08 bits per heavy atom. The number of pyridine rings is 1. The van der Waals surface area contributed by atoms with Crippen LogP contribution in [0.5, 0.6) is 0 Å². The molecule has 0 spiro atoms. The van der Waals surface area contributed by atoms with E-state index in [4.69, 9.17) is 9.47 Å². The Kier molecular flexibility index (Phi) is 9.45. The molecule has 2 aromatic rings. The fraction of sp³-hybridized carbons (Fsp3) is 0.611. The van der Waals surface area contributed by atoms with Crippen molar-refractivity contribution in [1.29, 1.82) is 0 Å². The molecule has 0 aliphatic carbocycles. The molecule has 0 saturated carbocycles. The Bertz CT molecular complexity index is 658. The monoisotopic (exact) mass is 362 g/mol. The fourth-order valence-electron chi connectivity index (χ4n) is 2.46. The van der Waals surface area contributed by atoms with Crippen LogP contribution < -0.4 is 10.6 Å². The highest BCUT2D eigenvalue weighted by Crippen LogP contribution is 2.05. The number of nitrogens with zero attached hydrogens (tertiary/aromatic N) is 4. The number of hydrogen-bond donors (Lipinski definition) is 2. The van der Waals surface area contributed by atoms with E-state index in [0.29, 0.717) is 13.2 Å². The summed E-state index contributed by atoms with van der Waals surface area (Å²) in [6.07, 6.45) is 4.70. The number of aromatic nitrogens is 3. The molecule has 0 aliphatic rings. The molecule has 0 amide bonds. The van der Waals surface area contributed by atoms with Gasteiger partial charge in [-0.05, 0) is 31.9 Å². The molecule has 0 radical (unpaired) electrons.